The molecule has 0 spiro atoms. The monoisotopic (exact) mass is 212 g/mol. The van der Waals surface area contributed by atoms with Crippen LogP contribution in [-0.4, -0.2) is 43.2 Å². The number of hydrogen-bond donors (Lipinski definition) is 0. The summed E-state index contributed by atoms with van der Waals surface area (Å²) in [5.41, 5.74) is 0. The summed E-state index contributed by atoms with van der Waals surface area (Å²) in [6.45, 7) is 5.19. The molecule has 0 saturated carbocycles. The van der Waals surface area contributed by atoms with Crippen molar-refractivity contribution in [2.45, 2.75) is 13.8 Å². The predicted octanol–water partition coefficient (Wildman–Crippen LogP) is -1.91. The molecule has 0 radical (unpaired) electrons. The van der Waals surface area contributed by atoms with Crippen LogP contribution < -0.4 is 0 Å². The van der Waals surface area contributed by atoms with Crippen LogP contribution in [0.5, 0.6) is 0 Å². The van der Waals surface area contributed by atoms with E-state index in [2.05, 4.69) is 0 Å². The highest BCUT2D eigenvalue weighted by atomic mass is 28.4. The normalized spacial score (nSPS) is 12.3. The van der Waals surface area contributed by atoms with E-state index in [1.54, 1.807) is 0 Å². The lowest BCUT2D eigenvalue weighted by atomic mass is 10.9. The second-order valence-corrected chi connectivity index (χ2v) is 6.90. The van der Waals surface area contributed by atoms with Crippen molar-refractivity contribution in [2.24, 2.45) is 0 Å². The minimum absolute atomic E-state index is 0.659. The lowest BCUT2D eigenvalue weighted by Gasteiger charge is -2.13. The molecule has 0 bridgehead atoms. The van der Waals surface area contributed by atoms with Crippen LogP contribution in [0.25, 0.3) is 0 Å². The molecule has 0 fully saturated rings. The third-order valence-corrected chi connectivity index (χ3v) is 4.71. The Bertz CT molecular complexity index is 77.7. The topological polar surface area (TPSA) is 36.9 Å². The molecule has 68 valence electrons. The van der Waals surface area contributed by atoms with E-state index in [9.17, 15) is 0 Å². The van der Waals surface area contributed by atoms with Gasteiger partial charge in [-0.15, -0.1) is 0 Å². The first-order valence-corrected chi connectivity index (χ1v) is 7.07. The first-order valence-electron chi connectivity index (χ1n) is 3.68. The second kappa shape index (κ2) is 8.59. The van der Waals surface area contributed by atoms with Crippen molar-refractivity contribution in [1.29, 1.82) is 0 Å². The van der Waals surface area contributed by atoms with Gasteiger partial charge in [-0.1, -0.05) is 0 Å². The molecule has 4 nitrogen and oxygen atoms in total. The molecule has 0 N–H and O–H groups in total. The maximum absolute atomic E-state index is 5.32. The molecule has 0 aromatic heterocycles. The van der Waals surface area contributed by atoms with Crippen LogP contribution in [-0.2, 0) is 17.1 Å². The lowest BCUT2D eigenvalue weighted by molar-refractivity contribution is 0.150. The molecule has 0 aliphatic carbocycles. The molecule has 0 aliphatic rings. The Morgan fingerprint density at radius 2 is 1.82 bits per heavy atom. The van der Waals surface area contributed by atoms with E-state index in [0.29, 0.717) is 13.2 Å². The van der Waals surface area contributed by atoms with Gasteiger partial charge in [0.05, 0.1) is 0 Å². The fraction of sp³-hybridized carbons (Fsp3) is 1.00. The Morgan fingerprint density at radius 1 is 1.27 bits per heavy atom. The maximum atomic E-state index is 5.32. The van der Waals surface area contributed by atoms with Gasteiger partial charge in [0.2, 0.25) is 0 Å². The minimum Gasteiger partial charge on any atom is -0.449 e. The van der Waals surface area contributed by atoms with Crippen LogP contribution in [0.1, 0.15) is 13.8 Å². The Hall–Kier alpha value is 0.491. The standard InChI is InChI=1S/C4H16O4Si3/c1-3-5-11(6-4-2)8-10-7-9/h11H,3-4,10H2,1-2,9H3. The van der Waals surface area contributed by atoms with Crippen LogP contribution in [0.15, 0.2) is 0 Å². The highest BCUT2D eigenvalue weighted by molar-refractivity contribution is 6.46. The van der Waals surface area contributed by atoms with Crippen molar-refractivity contribution in [3.05, 3.63) is 0 Å². The smallest absolute Gasteiger partial charge is 0.449 e. The summed E-state index contributed by atoms with van der Waals surface area (Å²) in [6.07, 6.45) is 0. The summed E-state index contributed by atoms with van der Waals surface area (Å²) in [5.74, 6) is 0. The molecule has 7 heteroatoms. The van der Waals surface area contributed by atoms with Crippen molar-refractivity contribution < 1.29 is 17.1 Å². The lowest BCUT2D eigenvalue weighted by Crippen LogP contribution is -2.29. The average Bonchev–Trinajstić information content (AvgIpc) is 2.01. The number of hydrogen-bond acceptors (Lipinski definition) is 4. The van der Waals surface area contributed by atoms with Gasteiger partial charge in [-0.3, -0.25) is 0 Å². The molecular formula is C4H16O4Si3. The average molecular weight is 212 g/mol. The molecule has 11 heavy (non-hydrogen) atoms. The number of rotatable bonds is 7. The Balaban J connectivity index is 3.34. The van der Waals surface area contributed by atoms with Crippen molar-refractivity contribution in [2.75, 3.05) is 13.2 Å². The summed E-state index contributed by atoms with van der Waals surface area (Å²) < 4.78 is 20.8. The fourth-order valence-electron chi connectivity index (χ4n) is 0.540. The molecule has 0 atom stereocenters. The second-order valence-electron chi connectivity index (χ2n) is 1.77. The predicted molar refractivity (Wildman–Crippen MR) is 51.1 cm³/mol. The molecule has 0 aromatic carbocycles. The highest BCUT2D eigenvalue weighted by Gasteiger charge is 2.12. The van der Waals surface area contributed by atoms with E-state index in [1.165, 1.54) is 0 Å². The van der Waals surface area contributed by atoms with Gasteiger partial charge in [-0.25, -0.2) is 0 Å². The largest absolute Gasteiger partial charge is 0.474 e. The highest BCUT2D eigenvalue weighted by Crippen LogP contribution is 1.90. The van der Waals surface area contributed by atoms with Crippen LogP contribution in [0.3, 0.4) is 0 Å². The van der Waals surface area contributed by atoms with E-state index < -0.39 is 19.5 Å². The van der Waals surface area contributed by atoms with Crippen molar-refractivity contribution >= 4 is 30.0 Å². The van der Waals surface area contributed by atoms with Gasteiger partial charge in [0, 0.05) is 13.2 Å². The third-order valence-electron chi connectivity index (χ3n) is 0.927. The van der Waals surface area contributed by atoms with Gasteiger partial charge in [-0.05, 0) is 13.8 Å². The van der Waals surface area contributed by atoms with Crippen LogP contribution in [0.2, 0.25) is 0 Å². The third kappa shape index (κ3) is 6.87. The van der Waals surface area contributed by atoms with Crippen LogP contribution >= 0.6 is 0 Å². The van der Waals surface area contributed by atoms with Crippen molar-refractivity contribution in [3.63, 3.8) is 0 Å². The van der Waals surface area contributed by atoms with Crippen LogP contribution in [0, 0.1) is 0 Å². The van der Waals surface area contributed by atoms with E-state index >= 15 is 0 Å². The van der Waals surface area contributed by atoms with E-state index in [4.69, 9.17) is 17.1 Å². The zero-order chi connectivity index (χ0) is 8.53. The molecule has 0 aliphatic heterocycles. The maximum Gasteiger partial charge on any atom is 0.474 e. The molecule has 0 heterocycles. The molecular weight excluding hydrogens is 196 g/mol. The zero-order valence-electron chi connectivity index (χ0n) is 7.33. The Morgan fingerprint density at radius 3 is 2.18 bits per heavy atom. The van der Waals surface area contributed by atoms with Crippen LogP contribution in [0.4, 0.5) is 0 Å². The SMILES string of the molecule is CCO[SiH](OCC)O[SiH2]O[SiH3]. The van der Waals surface area contributed by atoms with Gasteiger partial charge in [0.25, 0.3) is 10.0 Å². The summed E-state index contributed by atoms with van der Waals surface area (Å²) in [4.78, 5) is 0. The summed E-state index contributed by atoms with van der Waals surface area (Å²) in [6, 6.07) is 0. The Labute approximate surface area is 74.8 Å². The van der Waals surface area contributed by atoms with Gasteiger partial charge in [-0.2, -0.15) is 0 Å². The van der Waals surface area contributed by atoms with Gasteiger partial charge < -0.3 is 17.1 Å². The fourth-order valence-corrected chi connectivity index (χ4v) is 4.16. The van der Waals surface area contributed by atoms with E-state index in [-0.39, 0.29) is 0 Å². The molecule has 0 aromatic rings. The summed E-state index contributed by atoms with van der Waals surface area (Å²) in [5, 5.41) is 0. The van der Waals surface area contributed by atoms with Crippen molar-refractivity contribution in [3.8, 4) is 0 Å². The molecule has 0 amide bonds. The summed E-state index contributed by atoms with van der Waals surface area (Å²) >= 11 is 0. The zero-order valence-corrected chi connectivity index (χ0v) is 11.9. The van der Waals surface area contributed by atoms with Gasteiger partial charge >= 0.3 is 9.53 Å². The molecule has 0 rings (SSSR count). The van der Waals surface area contributed by atoms with E-state index in [1.807, 2.05) is 13.8 Å². The quantitative estimate of drug-likeness (QED) is 0.462. The minimum atomic E-state index is -1.79. The first kappa shape index (κ1) is 11.5. The first-order chi connectivity index (χ1) is 5.35. The molecule has 0 saturated heterocycles. The van der Waals surface area contributed by atoms with Gasteiger partial charge in [0.15, 0.2) is 0 Å². The van der Waals surface area contributed by atoms with E-state index in [0.717, 1.165) is 10.5 Å². The Kier molecular flexibility index (Phi) is 8.97. The molecule has 0 unspecified atom stereocenters. The van der Waals surface area contributed by atoms with Gasteiger partial charge in [0.1, 0.15) is 10.5 Å². The van der Waals surface area contributed by atoms with Crippen molar-refractivity contribution in [1.82, 2.24) is 0 Å². The summed E-state index contributed by atoms with van der Waals surface area (Å²) in [7, 11) is -1.83.